The monoisotopic (exact) mass is 109 g/mol. The molecule has 0 rings (SSSR count). The molecule has 0 aliphatic heterocycles. The fourth-order valence-corrected chi connectivity index (χ4v) is 0. The van der Waals surface area contributed by atoms with Gasteiger partial charge in [0.25, 0.3) is 0 Å². The maximum absolute atomic E-state index is 8.74. The highest BCUT2D eigenvalue weighted by Gasteiger charge is 1.84. The molecule has 3 radical (unpaired) electrons. The summed E-state index contributed by atoms with van der Waals surface area (Å²) in [6.07, 6.45) is 0. The lowest BCUT2D eigenvalue weighted by Crippen LogP contribution is -1.89. The van der Waals surface area contributed by atoms with Crippen LogP contribution in [-0.2, 0) is 10.4 Å². The molecule has 35 valence electrons. The van der Waals surface area contributed by atoms with Gasteiger partial charge in [-0.15, -0.1) is 0 Å². The van der Waals surface area contributed by atoms with E-state index in [2.05, 4.69) is 0 Å². The zero-order valence-electron chi connectivity index (χ0n) is 2.70. The van der Waals surface area contributed by atoms with Crippen molar-refractivity contribution < 1.29 is 17.5 Å². The molecule has 4 nitrogen and oxygen atoms in total. The number of hydrogen-bond donors (Lipinski definition) is 2. The third kappa shape index (κ3) is 8010. The Morgan fingerprint density at radius 2 is 1.17 bits per heavy atom. The van der Waals surface area contributed by atoms with Crippen molar-refractivity contribution >= 4 is 18.8 Å². The largest absolute Gasteiger partial charge is 0.394 e. The highest BCUT2D eigenvalue weighted by atomic mass is 32.3. The van der Waals surface area contributed by atoms with Crippen LogP contribution in [-0.4, -0.2) is 25.9 Å². The molecule has 6 heteroatoms. The molecule has 0 saturated heterocycles. The molecule has 0 saturated carbocycles. The van der Waals surface area contributed by atoms with Gasteiger partial charge in [-0.3, -0.25) is 9.11 Å². The van der Waals surface area contributed by atoms with E-state index in [4.69, 9.17) is 17.5 Å². The summed E-state index contributed by atoms with van der Waals surface area (Å²) in [6, 6.07) is 0. The highest BCUT2D eigenvalue weighted by Crippen LogP contribution is 1.59. The van der Waals surface area contributed by atoms with Crippen LogP contribution in [0, 0.1) is 0 Å². The van der Waals surface area contributed by atoms with Crippen LogP contribution in [0.3, 0.4) is 0 Å². The van der Waals surface area contributed by atoms with Crippen molar-refractivity contribution in [2.24, 2.45) is 0 Å². The molecule has 0 aliphatic carbocycles. The van der Waals surface area contributed by atoms with Gasteiger partial charge < -0.3 is 0 Å². The van der Waals surface area contributed by atoms with Crippen molar-refractivity contribution in [3.63, 3.8) is 0 Å². The molecular formula is H2BO4S. The van der Waals surface area contributed by atoms with E-state index in [0.717, 1.165) is 0 Å². The minimum Gasteiger partial charge on any atom is -0.264 e. The summed E-state index contributed by atoms with van der Waals surface area (Å²) < 4.78 is 31.6. The van der Waals surface area contributed by atoms with Crippen LogP contribution in [0.15, 0.2) is 0 Å². The zero-order valence-corrected chi connectivity index (χ0v) is 3.51. The molecule has 0 aliphatic rings. The minimum atomic E-state index is -4.67. The Kier molecular flexibility index (Phi) is 3.38. The molecule has 0 aromatic heterocycles. The normalized spacial score (nSPS) is 9.67. The van der Waals surface area contributed by atoms with Crippen molar-refractivity contribution in [3.8, 4) is 0 Å². The van der Waals surface area contributed by atoms with Gasteiger partial charge in [-0.05, 0) is 0 Å². The van der Waals surface area contributed by atoms with E-state index in [1.807, 2.05) is 0 Å². The first-order chi connectivity index (χ1) is 2.00. The highest BCUT2D eigenvalue weighted by molar-refractivity contribution is 7.79. The van der Waals surface area contributed by atoms with Crippen LogP contribution < -0.4 is 0 Å². The fraction of sp³-hybridized carbons (Fsp3) is 0. The second-order valence-electron chi connectivity index (χ2n) is 0.448. The van der Waals surface area contributed by atoms with Crippen LogP contribution in [0.5, 0.6) is 0 Å². The molecule has 2 N–H and O–H groups in total. The Bertz CT molecular complexity index is 90.7. The van der Waals surface area contributed by atoms with Gasteiger partial charge in [0, 0.05) is 8.41 Å². The molecular weight excluding hydrogens is 107 g/mol. The average Bonchev–Trinajstić information content (AvgIpc) is 0.722. The van der Waals surface area contributed by atoms with Gasteiger partial charge in [0.05, 0.1) is 0 Å². The lowest BCUT2D eigenvalue weighted by Gasteiger charge is -1.68. The first-order valence-electron chi connectivity index (χ1n) is 0.698. The summed E-state index contributed by atoms with van der Waals surface area (Å²) in [4.78, 5) is 0. The van der Waals surface area contributed by atoms with E-state index in [1.165, 1.54) is 0 Å². The second-order valence-corrected chi connectivity index (χ2v) is 1.34. The van der Waals surface area contributed by atoms with Gasteiger partial charge >= 0.3 is 10.4 Å². The molecule has 0 aromatic carbocycles. The Labute approximate surface area is 37.3 Å². The predicted octanol–water partition coefficient (Wildman–Crippen LogP) is -1.03. The van der Waals surface area contributed by atoms with Crippen molar-refractivity contribution in [3.05, 3.63) is 0 Å². The molecule has 0 amide bonds. The van der Waals surface area contributed by atoms with Crippen molar-refractivity contribution in [1.82, 2.24) is 0 Å². The van der Waals surface area contributed by atoms with Gasteiger partial charge in [-0.2, -0.15) is 8.42 Å². The first-order valence-corrected chi connectivity index (χ1v) is 2.10. The maximum Gasteiger partial charge on any atom is 0.394 e. The van der Waals surface area contributed by atoms with Gasteiger partial charge in [-0.1, -0.05) is 0 Å². The summed E-state index contributed by atoms with van der Waals surface area (Å²) in [5.41, 5.74) is 0. The molecule has 0 unspecified atom stereocenters. The predicted molar refractivity (Wildman–Crippen MR) is 19.9 cm³/mol. The van der Waals surface area contributed by atoms with Crippen molar-refractivity contribution in [1.29, 1.82) is 0 Å². The van der Waals surface area contributed by atoms with E-state index in [1.54, 1.807) is 0 Å². The fourth-order valence-electron chi connectivity index (χ4n) is 0. The summed E-state index contributed by atoms with van der Waals surface area (Å²) in [6.45, 7) is 0. The molecule has 0 spiro atoms. The van der Waals surface area contributed by atoms with Gasteiger partial charge in [0.1, 0.15) is 0 Å². The van der Waals surface area contributed by atoms with Crippen molar-refractivity contribution in [2.45, 2.75) is 0 Å². The van der Waals surface area contributed by atoms with E-state index in [9.17, 15) is 0 Å². The van der Waals surface area contributed by atoms with Crippen molar-refractivity contribution in [2.75, 3.05) is 0 Å². The van der Waals surface area contributed by atoms with Gasteiger partial charge in [0.2, 0.25) is 0 Å². The SMILES string of the molecule is O=S(=O)(O)O.[B]. The second kappa shape index (κ2) is 2.17. The van der Waals surface area contributed by atoms with Crippen LogP contribution in [0.2, 0.25) is 0 Å². The molecule has 0 fully saturated rings. The standard InChI is InChI=1S/B.H2O4S/c;1-5(2,3)4/h;(H2,1,2,3,4). The summed E-state index contributed by atoms with van der Waals surface area (Å²) in [5.74, 6) is 0. The Balaban J connectivity index is 0. The lowest BCUT2D eigenvalue weighted by atomic mass is 10.8. The van der Waals surface area contributed by atoms with E-state index < -0.39 is 10.4 Å². The summed E-state index contributed by atoms with van der Waals surface area (Å²) in [7, 11) is -4.67. The van der Waals surface area contributed by atoms with Crippen LogP contribution >= 0.6 is 0 Å². The topological polar surface area (TPSA) is 74.6 Å². The molecule has 0 bridgehead atoms. The third-order valence-electron chi connectivity index (χ3n) is 0. The average molecular weight is 109 g/mol. The molecule has 6 heavy (non-hydrogen) atoms. The molecule has 0 heterocycles. The Morgan fingerprint density at radius 3 is 1.17 bits per heavy atom. The zero-order chi connectivity index (χ0) is 4.50. The van der Waals surface area contributed by atoms with E-state index in [-0.39, 0.29) is 8.41 Å². The van der Waals surface area contributed by atoms with E-state index >= 15 is 0 Å². The van der Waals surface area contributed by atoms with Gasteiger partial charge in [-0.25, -0.2) is 0 Å². The lowest BCUT2D eigenvalue weighted by molar-refractivity contribution is 0.381. The molecule has 0 aromatic rings. The first kappa shape index (κ1) is 9.33. The third-order valence-corrected chi connectivity index (χ3v) is 0. The molecule has 0 atom stereocenters. The number of rotatable bonds is 0. The summed E-state index contributed by atoms with van der Waals surface area (Å²) in [5, 5.41) is 0. The van der Waals surface area contributed by atoms with Crippen LogP contribution in [0.4, 0.5) is 0 Å². The van der Waals surface area contributed by atoms with E-state index in [0.29, 0.717) is 0 Å². The Hall–Kier alpha value is -0.0651. The smallest absolute Gasteiger partial charge is 0.264 e. The quantitative estimate of drug-likeness (QED) is 0.308. The minimum absolute atomic E-state index is 0. The number of hydrogen-bond acceptors (Lipinski definition) is 2. The van der Waals surface area contributed by atoms with Crippen LogP contribution in [0.1, 0.15) is 0 Å². The maximum atomic E-state index is 8.74. The Morgan fingerprint density at radius 1 is 1.17 bits per heavy atom. The van der Waals surface area contributed by atoms with Crippen LogP contribution in [0.25, 0.3) is 0 Å². The summed E-state index contributed by atoms with van der Waals surface area (Å²) >= 11 is 0. The van der Waals surface area contributed by atoms with Gasteiger partial charge in [0.15, 0.2) is 0 Å².